The zero-order valence-corrected chi connectivity index (χ0v) is 21.7. The fourth-order valence-corrected chi connectivity index (χ4v) is 5.83. The van der Waals surface area contributed by atoms with Crippen LogP contribution in [-0.4, -0.2) is 42.9 Å². The van der Waals surface area contributed by atoms with Crippen molar-refractivity contribution in [3.8, 4) is 11.3 Å². The average Bonchev–Trinajstić information content (AvgIpc) is 3.58. The first-order chi connectivity index (χ1) is 17.5. The summed E-state index contributed by atoms with van der Waals surface area (Å²) in [6, 6.07) is 13.9. The van der Waals surface area contributed by atoms with Gasteiger partial charge in [-0.05, 0) is 66.8 Å². The number of anilines is 2. The molecule has 3 aromatic carbocycles. The van der Waals surface area contributed by atoms with Gasteiger partial charge in [-0.25, -0.2) is 17.5 Å². The maximum absolute atomic E-state index is 13.1. The normalized spacial score (nSPS) is 13.6. The quantitative estimate of drug-likeness (QED) is 0.278. The highest BCUT2D eigenvalue weighted by atomic mass is 35.5. The minimum atomic E-state index is -3.92. The van der Waals surface area contributed by atoms with E-state index in [-0.39, 0.29) is 39.0 Å². The fraction of sp³-hybridized carbons (Fsp3) is 0.160. The zero-order chi connectivity index (χ0) is 26.6. The highest BCUT2D eigenvalue weighted by Gasteiger charge is 2.34. The van der Waals surface area contributed by atoms with Crippen LogP contribution in [0.3, 0.4) is 0 Å². The molecule has 8 nitrogen and oxygen atoms in total. The lowest BCUT2D eigenvalue weighted by atomic mass is 9.80. The van der Waals surface area contributed by atoms with Gasteiger partial charge in [0.05, 0.1) is 17.6 Å². The summed E-state index contributed by atoms with van der Waals surface area (Å²) in [5, 5.41) is 29.9. The van der Waals surface area contributed by atoms with Crippen molar-refractivity contribution in [1.29, 1.82) is 0 Å². The lowest BCUT2D eigenvalue weighted by Gasteiger charge is -2.26. The Morgan fingerprint density at radius 3 is 2.27 bits per heavy atom. The second-order valence-corrected chi connectivity index (χ2v) is 11.6. The molecule has 0 unspecified atom stereocenters. The predicted molar refractivity (Wildman–Crippen MR) is 144 cm³/mol. The zero-order valence-electron chi connectivity index (χ0n) is 19.4. The van der Waals surface area contributed by atoms with Crippen molar-refractivity contribution in [2.45, 2.75) is 18.8 Å². The number of rotatable bonds is 7. The number of halogens is 2. The van der Waals surface area contributed by atoms with Crippen LogP contribution in [0.2, 0.25) is 10.0 Å². The monoisotopic (exact) mass is 559 g/mol. The van der Waals surface area contributed by atoms with Gasteiger partial charge in [0.15, 0.2) is 0 Å². The Bertz CT molecular complexity index is 1650. The Kier molecular flexibility index (Phi) is 6.50. The summed E-state index contributed by atoms with van der Waals surface area (Å²) in [5.41, 5.74) is 1.86. The van der Waals surface area contributed by atoms with Crippen LogP contribution < -0.4 is 9.77 Å². The predicted octanol–water partition coefficient (Wildman–Crippen LogP) is 4.76. The molecule has 1 fully saturated rings. The minimum absolute atomic E-state index is 0.0219. The van der Waals surface area contributed by atoms with Crippen LogP contribution in [0.4, 0.5) is 11.4 Å². The molecule has 1 heterocycles. The summed E-state index contributed by atoms with van der Waals surface area (Å²) in [6.45, 7) is 0. The lowest BCUT2D eigenvalue weighted by molar-refractivity contribution is 0.0699. The van der Waals surface area contributed by atoms with Gasteiger partial charge in [0.25, 0.3) is 0 Å². The number of carbonyl (C=O) groups is 1. The smallest absolute Gasteiger partial charge is 0.478 e. The molecule has 3 N–H and O–H groups in total. The number of fused-ring (bicyclic) bond motifs is 1. The maximum Gasteiger partial charge on any atom is 0.489 e. The Balaban J connectivity index is 1.77. The number of hydrogen-bond donors (Lipinski definition) is 3. The van der Waals surface area contributed by atoms with Crippen LogP contribution in [-0.2, 0) is 10.0 Å². The Hall–Kier alpha value is -3.02. The highest BCUT2D eigenvalue weighted by Crippen LogP contribution is 2.49. The SMILES string of the molecule is CS(=O)(=O)N(c1ccc(B(O)O)c(Cl)c1)c1cc2oc(-c3ccc(Cl)cc3)c(C(=O)O)c2cc1C1CC1. The van der Waals surface area contributed by atoms with Gasteiger partial charge in [-0.3, -0.25) is 0 Å². The van der Waals surface area contributed by atoms with Gasteiger partial charge in [-0.1, -0.05) is 29.3 Å². The van der Waals surface area contributed by atoms with E-state index in [1.54, 1.807) is 30.3 Å². The van der Waals surface area contributed by atoms with Crippen LogP contribution in [0.1, 0.15) is 34.7 Å². The average molecular weight is 560 g/mol. The van der Waals surface area contributed by atoms with E-state index >= 15 is 0 Å². The summed E-state index contributed by atoms with van der Waals surface area (Å²) in [7, 11) is -5.74. The third kappa shape index (κ3) is 4.83. The summed E-state index contributed by atoms with van der Waals surface area (Å²) in [5.74, 6) is -1.01. The van der Waals surface area contributed by atoms with Crippen molar-refractivity contribution < 1.29 is 32.8 Å². The number of carboxylic acids is 1. The second-order valence-electron chi connectivity index (χ2n) is 8.91. The number of sulfonamides is 1. The Morgan fingerprint density at radius 1 is 1.05 bits per heavy atom. The number of hydrogen-bond acceptors (Lipinski definition) is 6. The summed E-state index contributed by atoms with van der Waals surface area (Å²) in [4.78, 5) is 12.3. The minimum Gasteiger partial charge on any atom is -0.478 e. The number of aromatic carboxylic acids is 1. The van der Waals surface area contributed by atoms with E-state index in [0.717, 1.165) is 23.4 Å². The molecule has 1 saturated carbocycles. The van der Waals surface area contributed by atoms with Crippen LogP contribution in [0, 0.1) is 0 Å². The fourth-order valence-electron chi connectivity index (χ4n) is 4.42. The topological polar surface area (TPSA) is 128 Å². The van der Waals surface area contributed by atoms with Crippen LogP contribution in [0.5, 0.6) is 0 Å². The molecule has 0 radical (unpaired) electrons. The van der Waals surface area contributed by atoms with Crippen LogP contribution in [0.15, 0.2) is 59.0 Å². The van der Waals surface area contributed by atoms with Gasteiger partial charge < -0.3 is 19.6 Å². The highest BCUT2D eigenvalue weighted by molar-refractivity contribution is 7.92. The van der Waals surface area contributed by atoms with E-state index < -0.39 is 23.1 Å². The Labute approximate surface area is 222 Å². The molecule has 190 valence electrons. The molecule has 4 aromatic rings. The molecule has 0 atom stereocenters. The number of nitrogens with zero attached hydrogens (tertiary/aromatic N) is 1. The van der Waals surface area contributed by atoms with Gasteiger partial charge in [0.2, 0.25) is 10.0 Å². The van der Waals surface area contributed by atoms with Crippen LogP contribution >= 0.6 is 23.2 Å². The Morgan fingerprint density at radius 2 is 1.73 bits per heavy atom. The van der Waals surface area contributed by atoms with E-state index in [4.69, 9.17) is 27.6 Å². The molecular weight excluding hydrogens is 540 g/mol. The maximum atomic E-state index is 13.1. The first-order valence-electron chi connectivity index (χ1n) is 11.2. The molecule has 5 rings (SSSR count). The van der Waals surface area contributed by atoms with Crippen molar-refractivity contribution in [2.24, 2.45) is 0 Å². The molecule has 0 saturated heterocycles. The van der Waals surface area contributed by atoms with Crippen molar-refractivity contribution >= 4 is 74.1 Å². The number of carboxylic acid groups (broad SMARTS) is 1. The van der Waals surface area contributed by atoms with Gasteiger partial charge in [-0.2, -0.15) is 0 Å². The van der Waals surface area contributed by atoms with Crippen molar-refractivity contribution in [2.75, 3.05) is 10.6 Å². The van der Waals surface area contributed by atoms with E-state index in [2.05, 4.69) is 0 Å². The molecule has 0 aliphatic heterocycles. The van der Waals surface area contributed by atoms with E-state index in [1.165, 1.54) is 24.3 Å². The first kappa shape index (κ1) is 25.6. The third-order valence-electron chi connectivity index (χ3n) is 6.22. The van der Waals surface area contributed by atoms with Crippen molar-refractivity contribution in [1.82, 2.24) is 0 Å². The van der Waals surface area contributed by atoms with Gasteiger partial charge in [-0.15, -0.1) is 0 Å². The van der Waals surface area contributed by atoms with Gasteiger partial charge >= 0.3 is 13.1 Å². The summed E-state index contributed by atoms with van der Waals surface area (Å²) in [6.07, 6.45) is 2.67. The molecule has 1 aromatic heterocycles. The molecule has 12 heteroatoms. The first-order valence-corrected chi connectivity index (χ1v) is 13.8. The van der Waals surface area contributed by atoms with Crippen molar-refractivity contribution in [3.63, 3.8) is 0 Å². The van der Waals surface area contributed by atoms with E-state index in [9.17, 15) is 28.4 Å². The van der Waals surface area contributed by atoms with Crippen molar-refractivity contribution in [3.05, 3.63) is 75.8 Å². The van der Waals surface area contributed by atoms with E-state index in [0.29, 0.717) is 27.2 Å². The summed E-state index contributed by atoms with van der Waals surface area (Å²) < 4.78 is 33.3. The third-order valence-corrected chi connectivity index (χ3v) is 7.87. The molecule has 37 heavy (non-hydrogen) atoms. The van der Waals surface area contributed by atoms with E-state index in [1.807, 2.05) is 0 Å². The number of benzene rings is 3. The van der Waals surface area contributed by atoms with Gasteiger partial charge in [0.1, 0.15) is 16.9 Å². The molecular formula is C25H20BCl2NO7S. The molecule has 1 aliphatic carbocycles. The molecule has 1 aliphatic rings. The molecule has 0 bridgehead atoms. The number of furan rings is 1. The largest absolute Gasteiger partial charge is 0.489 e. The lowest BCUT2D eigenvalue weighted by Crippen LogP contribution is -2.32. The van der Waals surface area contributed by atoms with Crippen LogP contribution in [0.25, 0.3) is 22.3 Å². The molecule has 0 amide bonds. The molecule has 0 spiro atoms. The standard InChI is InChI=1S/C25H20BCl2NO7S/c1-37(34,35)29(16-8-9-19(26(32)33)20(28)10-16)21-12-22-18(11-17(21)13-2-3-13)23(25(30)31)24(36-22)14-4-6-15(27)7-5-14/h4-13,32-33H,2-3H2,1H3,(H,30,31). The van der Waals surface area contributed by atoms with Gasteiger partial charge in [0, 0.05) is 32.5 Å². The summed E-state index contributed by atoms with van der Waals surface area (Å²) >= 11 is 12.2. The second kappa shape index (κ2) is 9.38.